The van der Waals surface area contributed by atoms with E-state index >= 15 is 0 Å². The lowest BCUT2D eigenvalue weighted by molar-refractivity contribution is -0.133. The normalized spacial score (nSPS) is 20.7. The third-order valence-electron chi connectivity index (χ3n) is 3.64. The van der Waals surface area contributed by atoms with Gasteiger partial charge in [-0.05, 0) is 48.1 Å². The molecule has 1 aromatic heterocycles. The highest BCUT2D eigenvalue weighted by Crippen LogP contribution is 2.33. The fourth-order valence-corrected chi connectivity index (χ4v) is 3.33. The van der Waals surface area contributed by atoms with Crippen LogP contribution in [0.2, 0.25) is 0 Å². The molecule has 0 radical (unpaired) electrons. The third kappa shape index (κ3) is 3.55. The Morgan fingerprint density at radius 2 is 2.53 bits per heavy atom. The zero-order chi connectivity index (χ0) is 13.7. The Morgan fingerprint density at radius 1 is 1.68 bits per heavy atom. The molecule has 4 nitrogen and oxygen atoms in total. The lowest BCUT2D eigenvalue weighted by Crippen LogP contribution is -2.43. The van der Waals surface area contributed by atoms with Crippen LogP contribution in [0.4, 0.5) is 0 Å². The van der Waals surface area contributed by atoms with Crippen molar-refractivity contribution in [2.24, 2.45) is 5.73 Å². The van der Waals surface area contributed by atoms with Gasteiger partial charge in [-0.1, -0.05) is 0 Å². The van der Waals surface area contributed by atoms with Crippen LogP contribution < -0.4 is 5.73 Å². The SMILES string of the molecule is COCCCC(N)C(=O)N1CCCC1c1ccsc1. The second-order valence-electron chi connectivity index (χ2n) is 4.99. The summed E-state index contributed by atoms with van der Waals surface area (Å²) >= 11 is 1.68. The average molecular weight is 282 g/mol. The third-order valence-corrected chi connectivity index (χ3v) is 4.35. The first-order valence-corrected chi connectivity index (χ1v) is 7.75. The van der Waals surface area contributed by atoms with E-state index in [0.717, 1.165) is 25.8 Å². The predicted octanol–water partition coefficient (Wildman–Crippen LogP) is 2.17. The molecule has 1 amide bonds. The number of nitrogens with zero attached hydrogens (tertiary/aromatic N) is 1. The van der Waals surface area contributed by atoms with Crippen LogP contribution in [0.25, 0.3) is 0 Å². The Morgan fingerprint density at radius 3 is 3.21 bits per heavy atom. The zero-order valence-corrected chi connectivity index (χ0v) is 12.2. The van der Waals surface area contributed by atoms with E-state index in [4.69, 9.17) is 10.5 Å². The van der Waals surface area contributed by atoms with Gasteiger partial charge in [0.15, 0.2) is 0 Å². The molecule has 2 atom stereocenters. The summed E-state index contributed by atoms with van der Waals surface area (Å²) in [6.07, 6.45) is 3.64. The van der Waals surface area contributed by atoms with Gasteiger partial charge >= 0.3 is 0 Å². The van der Waals surface area contributed by atoms with Crippen LogP contribution in [0, 0.1) is 0 Å². The fraction of sp³-hybridized carbons (Fsp3) is 0.643. The summed E-state index contributed by atoms with van der Waals surface area (Å²) in [4.78, 5) is 14.4. The Kier molecular flexibility index (Phi) is 5.36. The van der Waals surface area contributed by atoms with Crippen molar-refractivity contribution in [1.82, 2.24) is 4.90 Å². The molecular formula is C14H22N2O2S. The molecule has 0 aliphatic carbocycles. The molecule has 0 aromatic carbocycles. The Balaban J connectivity index is 1.94. The minimum absolute atomic E-state index is 0.0878. The van der Waals surface area contributed by atoms with Crippen molar-refractivity contribution in [3.63, 3.8) is 0 Å². The molecule has 2 N–H and O–H groups in total. The molecule has 2 unspecified atom stereocenters. The van der Waals surface area contributed by atoms with Gasteiger partial charge in [0.25, 0.3) is 0 Å². The first-order valence-electron chi connectivity index (χ1n) is 6.81. The molecule has 1 aliphatic rings. The van der Waals surface area contributed by atoms with E-state index in [0.29, 0.717) is 13.0 Å². The molecule has 19 heavy (non-hydrogen) atoms. The second-order valence-corrected chi connectivity index (χ2v) is 5.77. The molecule has 1 aromatic rings. The number of hydrogen-bond acceptors (Lipinski definition) is 4. The van der Waals surface area contributed by atoms with Crippen LogP contribution in [0.5, 0.6) is 0 Å². The van der Waals surface area contributed by atoms with Crippen molar-refractivity contribution in [2.75, 3.05) is 20.3 Å². The Labute approximate surface area is 118 Å². The maximum atomic E-state index is 12.4. The molecule has 2 rings (SSSR count). The molecule has 2 heterocycles. The molecule has 0 bridgehead atoms. The lowest BCUT2D eigenvalue weighted by atomic mass is 10.1. The van der Waals surface area contributed by atoms with Gasteiger partial charge < -0.3 is 15.4 Å². The average Bonchev–Trinajstić information content (AvgIpc) is 3.08. The van der Waals surface area contributed by atoms with E-state index in [1.54, 1.807) is 18.4 Å². The molecule has 106 valence electrons. The first kappa shape index (κ1) is 14.5. The van der Waals surface area contributed by atoms with Gasteiger partial charge in [0.1, 0.15) is 0 Å². The predicted molar refractivity (Wildman–Crippen MR) is 77.1 cm³/mol. The maximum Gasteiger partial charge on any atom is 0.239 e. The number of likely N-dealkylation sites (tertiary alicyclic amines) is 1. The molecule has 1 aliphatic heterocycles. The molecule has 5 heteroatoms. The van der Waals surface area contributed by atoms with E-state index in [-0.39, 0.29) is 11.9 Å². The summed E-state index contributed by atoms with van der Waals surface area (Å²) in [6.45, 7) is 1.49. The van der Waals surface area contributed by atoms with E-state index in [1.807, 2.05) is 4.90 Å². The van der Waals surface area contributed by atoms with Gasteiger partial charge in [-0.25, -0.2) is 0 Å². The van der Waals surface area contributed by atoms with E-state index < -0.39 is 6.04 Å². The molecule has 1 fully saturated rings. The Bertz CT molecular complexity index is 394. The Hall–Kier alpha value is -0.910. The summed E-state index contributed by atoms with van der Waals surface area (Å²) in [5.41, 5.74) is 7.26. The molecular weight excluding hydrogens is 260 g/mol. The summed E-state index contributed by atoms with van der Waals surface area (Å²) < 4.78 is 5.00. The largest absolute Gasteiger partial charge is 0.385 e. The summed E-state index contributed by atoms with van der Waals surface area (Å²) in [7, 11) is 1.67. The van der Waals surface area contributed by atoms with Gasteiger partial charge in [0.05, 0.1) is 12.1 Å². The first-order chi connectivity index (χ1) is 9.24. The van der Waals surface area contributed by atoms with E-state index in [9.17, 15) is 4.79 Å². The molecule has 0 spiro atoms. The second kappa shape index (κ2) is 7.03. The van der Waals surface area contributed by atoms with Crippen molar-refractivity contribution in [3.8, 4) is 0 Å². The number of methoxy groups -OCH3 is 1. The van der Waals surface area contributed by atoms with Crippen molar-refractivity contribution in [1.29, 1.82) is 0 Å². The van der Waals surface area contributed by atoms with E-state index in [1.165, 1.54) is 5.56 Å². The summed E-state index contributed by atoms with van der Waals surface area (Å²) in [5.74, 6) is 0.0878. The van der Waals surface area contributed by atoms with Crippen LogP contribution >= 0.6 is 11.3 Å². The molecule has 1 saturated heterocycles. The van der Waals surface area contributed by atoms with Crippen LogP contribution in [-0.2, 0) is 9.53 Å². The van der Waals surface area contributed by atoms with Crippen LogP contribution in [-0.4, -0.2) is 37.1 Å². The van der Waals surface area contributed by atoms with Crippen LogP contribution in [0.15, 0.2) is 16.8 Å². The number of amides is 1. The van der Waals surface area contributed by atoms with Gasteiger partial charge in [-0.3, -0.25) is 4.79 Å². The number of thiophene rings is 1. The highest BCUT2D eigenvalue weighted by Gasteiger charge is 2.32. The zero-order valence-electron chi connectivity index (χ0n) is 11.4. The number of nitrogens with two attached hydrogens (primary N) is 1. The van der Waals surface area contributed by atoms with Gasteiger partial charge in [-0.2, -0.15) is 11.3 Å². The summed E-state index contributed by atoms with van der Waals surface area (Å²) in [6, 6.07) is 1.94. The van der Waals surface area contributed by atoms with Crippen molar-refractivity contribution in [3.05, 3.63) is 22.4 Å². The van der Waals surface area contributed by atoms with Crippen LogP contribution in [0.3, 0.4) is 0 Å². The fourth-order valence-electron chi connectivity index (χ4n) is 2.63. The highest BCUT2D eigenvalue weighted by molar-refractivity contribution is 7.07. The number of hydrogen-bond donors (Lipinski definition) is 1. The highest BCUT2D eigenvalue weighted by atomic mass is 32.1. The lowest BCUT2D eigenvalue weighted by Gasteiger charge is -2.27. The number of ether oxygens (including phenoxy) is 1. The van der Waals surface area contributed by atoms with Gasteiger partial charge in [0, 0.05) is 20.3 Å². The van der Waals surface area contributed by atoms with Crippen molar-refractivity contribution < 1.29 is 9.53 Å². The number of carbonyl (C=O) groups excluding carboxylic acids is 1. The van der Waals surface area contributed by atoms with Crippen molar-refractivity contribution >= 4 is 17.2 Å². The standard InChI is InChI=1S/C14H22N2O2S/c1-18-8-3-4-12(15)14(17)16-7-2-5-13(16)11-6-9-19-10-11/h6,9-10,12-13H,2-5,7-8,15H2,1H3. The van der Waals surface area contributed by atoms with Gasteiger partial charge in [-0.15, -0.1) is 0 Å². The minimum Gasteiger partial charge on any atom is -0.385 e. The monoisotopic (exact) mass is 282 g/mol. The minimum atomic E-state index is -0.394. The number of carbonyl (C=O) groups is 1. The topological polar surface area (TPSA) is 55.6 Å². The quantitative estimate of drug-likeness (QED) is 0.814. The van der Waals surface area contributed by atoms with Crippen molar-refractivity contribution in [2.45, 2.75) is 37.8 Å². The molecule has 0 saturated carbocycles. The summed E-state index contributed by atoms with van der Waals surface area (Å²) in [5, 5.41) is 4.20. The number of rotatable bonds is 6. The van der Waals surface area contributed by atoms with Gasteiger partial charge in [0.2, 0.25) is 5.91 Å². The maximum absolute atomic E-state index is 12.4. The van der Waals surface area contributed by atoms with Crippen LogP contribution in [0.1, 0.15) is 37.3 Å². The smallest absolute Gasteiger partial charge is 0.239 e. The van der Waals surface area contributed by atoms with E-state index in [2.05, 4.69) is 16.8 Å².